The normalized spacial score (nSPS) is 12.2. The first-order chi connectivity index (χ1) is 10.1. The van der Waals surface area contributed by atoms with Gasteiger partial charge in [0.05, 0.1) is 11.4 Å². The monoisotopic (exact) mass is 356 g/mol. The largest absolute Gasteiger partial charge is 0.494 e. The van der Waals surface area contributed by atoms with Crippen LogP contribution in [0.5, 0.6) is 11.5 Å². The number of benzene rings is 2. The van der Waals surface area contributed by atoms with Crippen molar-refractivity contribution in [3.8, 4) is 11.5 Å². The molecule has 112 valence electrons. The molecule has 0 saturated carbocycles. The van der Waals surface area contributed by atoms with Gasteiger partial charge in [-0.25, -0.2) is 0 Å². The predicted molar refractivity (Wildman–Crippen MR) is 81.5 cm³/mol. The van der Waals surface area contributed by atoms with E-state index in [2.05, 4.69) is 20.7 Å². The molecule has 0 heterocycles. The molecule has 2 aromatic rings. The molecule has 2 nitrogen and oxygen atoms in total. The highest BCUT2D eigenvalue weighted by atomic mass is 79.9. The molecule has 1 atom stereocenters. The molecular formula is C16H15BrF2O2. The summed E-state index contributed by atoms with van der Waals surface area (Å²) >= 11 is 3.57. The first-order valence-corrected chi connectivity index (χ1v) is 7.43. The minimum atomic E-state index is -2.82. The van der Waals surface area contributed by atoms with Crippen LogP contribution in [-0.2, 0) is 0 Å². The van der Waals surface area contributed by atoms with E-state index in [1.165, 1.54) is 6.07 Å². The molecule has 0 fully saturated rings. The van der Waals surface area contributed by atoms with Crippen molar-refractivity contribution >= 4 is 15.9 Å². The maximum absolute atomic E-state index is 12.2. The first kappa shape index (κ1) is 15.8. The number of hydrogen-bond donors (Lipinski definition) is 0. The zero-order valence-corrected chi connectivity index (χ0v) is 13.0. The molecule has 0 bridgehead atoms. The molecule has 5 heteroatoms. The van der Waals surface area contributed by atoms with Crippen molar-refractivity contribution in [1.82, 2.24) is 0 Å². The Morgan fingerprint density at radius 1 is 1.00 bits per heavy atom. The molecule has 0 radical (unpaired) electrons. The van der Waals surface area contributed by atoms with Crippen molar-refractivity contribution in [2.24, 2.45) is 0 Å². The van der Waals surface area contributed by atoms with Gasteiger partial charge in [-0.15, -0.1) is 0 Å². The second-order valence-electron chi connectivity index (χ2n) is 4.32. The van der Waals surface area contributed by atoms with Crippen LogP contribution < -0.4 is 9.47 Å². The van der Waals surface area contributed by atoms with Gasteiger partial charge in [0, 0.05) is 0 Å². The van der Waals surface area contributed by atoms with Gasteiger partial charge in [0.2, 0.25) is 0 Å². The molecule has 0 N–H and O–H groups in total. The maximum Gasteiger partial charge on any atom is 0.387 e. The highest BCUT2D eigenvalue weighted by molar-refractivity contribution is 9.09. The summed E-state index contributed by atoms with van der Waals surface area (Å²) in [7, 11) is 0. The van der Waals surface area contributed by atoms with Gasteiger partial charge < -0.3 is 9.47 Å². The lowest BCUT2D eigenvalue weighted by atomic mass is 10.0. The molecule has 2 aromatic carbocycles. The molecule has 0 aliphatic rings. The quantitative estimate of drug-likeness (QED) is 0.664. The van der Waals surface area contributed by atoms with Crippen molar-refractivity contribution < 1.29 is 18.3 Å². The van der Waals surface area contributed by atoms with Crippen LogP contribution in [-0.4, -0.2) is 13.2 Å². The number of halogens is 3. The van der Waals surface area contributed by atoms with Gasteiger partial charge in [-0.1, -0.05) is 40.2 Å². The third kappa shape index (κ3) is 4.43. The Morgan fingerprint density at radius 3 is 2.33 bits per heavy atom. The topological polar surface area (TPSA) is 18.5 Å². The van der Waals surface area contributed by atoms with Crippen LogP contribution in [0.15, 0.2) is 48.5 Å². The molecule has 0 aromatic heterocycles. The molecule has 0 aliphatic carbocycles. The Bertz CT molecular complexity index is 573. The lowest BCUT2D eigenvalue weighted by molar-refractivity contribution is -0.0498. The zero-order chi connectivity index (χ0) is 15.2. The van der Waals surface area contributed by atoms with Crippen molar-refractivity contribution in [2.45, 2.75) is 18.4 Å². The summed E-state index contributed by atoms with van der Waals surface area (Å²) in [4.78, 5) is -0.102. The molecular weight excluding hydrogens is 342 g/mol. The third-order valence-corrected chi connectivity index (χ3v) is 3.92. The van der Waals surface area contributed by atoms with E-state index in [1.54, 1.807) is 12.1 Å². The van der Waals surface area contributed by atoms with E-state index in [0.29, 0.717) is 6.61 Å². The van der Waals surface area contributed by atoms with Gasteiger partial charge in [-0.2, -0.15) is 8.78 Å². The summed E-state index contributed by atoms with van der Waals surface area (Å²) in [6.45, 7) is -0.278. The third-order valence-electron chi connectivity index (χ3n) is 2.86. The molecule has 0 saturated heterocycles. The summed E-state index contributed by atoms with van der Waals surface area (Å²) < 4.78 is 34.3. The summed E-state index contributed by atoms with van der Waals surface area (Å²) in [5.41, 5.74) is 1.85. The van der Waals surface area contributed by atoms with Crippen LogP contribution in [0.2, 0.25) is 0 Å². The minimum absolute atomic E-state index is 0.102. The molecule has 2 rings (SSSR count). The van der Waals surface area contributed by atoms with Gasteiger partial charge in [0.1, 0.15) is 11.5 Å². The van der Waals surface area contributed by atoms with Crippen molar-refractivity contribution in [3.05, 3.63) is 59.7 Å². The summed E-state index contributed by atoms with van der Waals surface area (Å²) in [6.07, 6.45) is 0. The van der Waals surface area contributed by atoms with Crippen LogP contribution in [0, 0.1) is 0 Å². The van der Waals surface area contributed by atoms with E-state index in [-0.39, 0.29) is 10.6 Å². The van der Waals surface area contributed by atoms with Gasteiger partial charge in [0.25, 0.3) is 0 Å². The highest BCUT2D eigenvalue weighted by Crippen LogP contribution is 2.33. The van der Waals surface area contributed by atoms with Gasteiger partial charge in [0.15, 0.2) is 0 Å². The second-order valence-corrected chi connectivity index (χ2v) is 5.23. The summed E-state index contributed by atoms with van der Waals surface area (Å²) in [5, 5.41) is 0. The Morgan fingerprint density at radius 2 is 1.71 bits per heavy atom. The van der Waals surface area contributed by atoms with Crippen LogP contribution in [0.4, 0.5) is 8.78 Å². The Balaban J connectivity index is 2.16. The number of ether oxygens (including phenoxy) is 2. The fourth-order valence-electron chi connectivity index (χ4n) is 1.94. The average molecular weight is 357 g/mol. The molecule has 21 heavy (non-hydrogen) atoms. The van der Waals surface area contributed by atoms with E-state index in [4.69, 9.17) is 4.74 Å². The standard InChI is InChI=1S/C16H15BrF2O2/c1-2-20-13-8-6-11(7-9-13)15(17)12-4-3-5-14(10-12)21-16(18)19/h3-10,15-16H,2H2,1H3. The number of alkyl halides is 3. The van der Waals surface area contributed by atoms with Gasteiger partial charge >= 0.3 is 6.61 Å². The van der Waals surface area contributed by atoms with E-state index in [1.807, 2.05) is 37.3 Å². The van der Waals surface area contributed by atoms with Crippen LogP contribution in [0.1, 0.15) is 22.9 Å². The number of rotatable bonds is 6. The second kappa shape index (κ2) is 7.41. The zero-order valence-electron chi connectivity index (χ0n) is 11.4. The maximum atomic E-state index is 12.2. The molecule has 0 spiro atoms. The Kier molecular flexibility index (Phi) is 5.56. The van der Waals surface area contributed by atoms with E-state index >= 15 is 0 Å². The van der Waals surface area contributed by atoms with Gasteiger partial charge in [-0.05, 0) is 42.3 Å². The minimum Gasteiger partial charge on any atom is -0.494 e. The lowest BCUT2D eigenvalue weighted by Gasteiger charge is -2.13. The average Bonchev–Trinajstić information content (AvgIpc) is 2.47. The Labute approximate surface area is 130 Å². The van der Waals surface area contributed by atoms with E-state index < -0.39 is 6.61 Å². The SMILES string of the molecule is CCOc1ccc(C(Br)c2cccc(OC(F)F)c2)cc1. The van der Waals surface area contributed by atoms with E-state index in [0.717, 1.165) is 16.9 Å². The van der Waals surface area contributed by atoms with Gasteiger partial charge in [-0.3, -0.25) is 0 Å². The smallest absolute Gasteiger partial charge is 0.387 e. The first-order valence-electron chi connectivity index (χ1n) is 6.51. The molecule has 0 aliphatic heterocycles. The fraction of sp³-hybridized carbons (Fsp3) is 0.250. The van der Waals surface area contributed by atoms with Crippen molar-refractivity contribution in [1.29, 1.82) is 0 Å². The van der Waals surface area contributed by atoms with Crippen LogP contribution in [0.3, 0.4) is 0 Å². The molecule has 1 unspecified atom stereocenters. The van der Waals surface area contributed by atoms with Crippen LogP contribution in [0.25, 0.3) is 0 Å². The van der Waals surface area contributed by atoms with E-state index in [9.17, 15) is 8.78 Å². The molecule has 0 amide bonds. The van der Waals surface area contributed by atoms with Crippen LogP contribution >= 0.6 is 15.9 Å². The number of hydrogen-bond acceptors (Lipinski definition) is 2. The Hall–Kier alpha value is -1.62. The lowest BCUT2D eigenvalue weighted by Crippen LogP contribution is -2.02. The highest BCUT2D eigenvalue weighted by Gasteiger charge is 2.12. The summed E-state index contributed by atoms with van der Waals surface area (Å²) in [6, 6.07) is 14.3. The van der Waals surface area contributed by atoms with Crippen molar-refractivity contribution in [3.63, 3.8) is 0 Å². The van der Waals surface area contributed by atoms with Crippen molar-refractivity contribution in [2.75, 3.05) is 6.61 Å². The fourth-order valence-corrected chi connectivity index (χ4v) is 2.53. The summed E-state index contributed by atoms with van der Waals surface area (Å²) in [5.74, 6) is 0.952. The predicted octanol–water partition coefficient (Wildman–Crippen LogP) is 5.17.